The minimum Gasteiger partial charge on any atom is -0.353 e. The van der Waals surface area contributed by atoms with Crippen molar-refractivity contribution in [3.8, 4) is 0 Å². The van der Waals surface area contributed by atoms with Crippen LogP contribution in [0.1, 0.15) is 5.56 Å². The third-order valence-electron chi connectivity index (χ3n) is 2.87. The minimum absolute atomic E-state index is 0.0135. The van der Waals surface area contributed by atoms with Crippen LogP contribution in [0.5, 0.6) is 0 Å². The van der Waals surface area contributed by atoms with Crippen molar-refractivity contribution in [2.75, 3.05) is 18.4 Å². The van der Waals surface area contributed by atoms with Gasteiger partial charge in [0.25, 0.3) is 0 Å². The Labute approximate surface area is 122 Å². The third kappa shape index (κ3) is 3.85. The van der Waals surface area contributed by atoms with Crippen LogP contribution in [0.2, 0.25) is 5.02 Å². The van der Waals surface area contributed by atoms with Crippen LogP contribution in [-0.2, 0) is 15.8 Å². The fraction of sp³-hybridized carbons (Fsp3) is 0.333. The van der Waals surface area contributed by atoms with Gasteiger partial charge in [-0.1, -0.05) is 11.6 Å². The number of amides is 2. The maximum atomic E-state index is 12.9. The van der Waals surface area contributed by atoms with E-state index in [-0.39, 0.29) is 29.7 Å². The molecule has 2 amide bonds. The van der Waals surface area contributed by atoms with Crippen LogP contribution in [0, 0.1) is 0 Å². The van der Waals surface area contributed by atoms with Gasteiger partial charge >= 0.3 is 6.18 Å². The number of halogens is 4. The van der Waals surface area contributed by atoms with Crippen LogP contribution in [0.4, 0.5) is 18.9 Å². The first-order valence-electron chi connectivity index (χ1n) is 5.95. The number of hydrogen-bond donors (Lipinski definition) is 3. The first-order valence-corrected chi connectivity index (χ1v) is 6.33. The van der Waals surface area contributed by atoms with Crippen LogP contribution in [0.3, 0.4) is 0 Å². The van der Waals surface area contributed by atoms with E-state index in [1.54, 1.807) is 0 Å². The molecular formula is C12H11ClF3N3O2. The molecule has 1 aliphatic heterocycles. The molecule has 0 bridgehead atoms. The molecule has 3 N–H and O–H groups in total. The van der Waals surface area contributed by atoms with Gasteiger partial charge in [0, 0.05) is 11.6 Å². The number of rotatable bonds is 2. The van der Waals surface area contributed by atoms with Crippen molar-refractivity contribution in [3.63, 3.8) is 0 Å². The van der Waals surface area contributed by atoms with Crippen molar-refractivity contribution in [1.82, 2.24) is 10.6 Å². The Kier molecular flexibility index (Phi) is 4.38. The Morgan fingerprint density at radius 3 is 2.67 bits per heavy atom. The average molecular weight is 322 g/mol. The van der Waals surface area contributed by atoms with E-state index >= 15 is 0 Å². The molecule has 1 aliphatic rings. The third-order valence-corrected chi connectivity index (χ3v) is 3.11. The van der Waals surface area contributed by atoms with Gasteiger partial charge in [0.15, 0.2) is 0 Å². The highest BCUT2D eigenvalue weighted by molar-refractivity contribution is 6.30. The average Bonchev–Trinajstić information content (AvgIpc) is 2.40. The largest absolute Gasteiger partial charge is 0.418 e. The lowest BCUT2D eigenvalue weighted by Gasteiger charge is -2.24. The maximum absolute atomic E-state index is 12.9. The fourth-order valence-corrected chi connectivity index (χ4v) is 2.00. The Bertz CT molecular complexity index is 567. The smallest absolute Gasteiger partial charge is 0.353 e. The molecule has 2 rings (SSSR count). The maximum Gasteiger partial charge on any atom is 0.418 e. The Morgan fingerprint density at radius 1 is 1.38 bits per heavy atom. The molecule has 1 saturated heterocycles. The highest BCUT2D eigenvalue weighted by Gasteiger charge is 2.35. The lowest BCUT2D eigenvalue weighted by atomic mass is 10.1. The van der Waals surface area contributed by atoms with E-state index in [1.807, 2.05) is 0 Å². The van der Waals surface area contributed by atoms with E-state index in [0.29, 0.717) is 0 Å². The number of benzene rings is 1. The molecule has 1 aromatic rings. The normalized spacial score (nSPS) is 19.0. The van der Waals surface area contributed by atoms with Gasteiger partial charge in [-0.3, -0.25) is 14.9 Å². The monoisotopic (exact) mass is 321 g/mol. The summed E-state index contributed by atoms with van der Waals surface area (Å²) in [5, 5.41) is 7.19. The van der Waals surface area contributed by atoms with Crippen LogP contribution < -0.4 is 16.0 Å². The standard InChI is InChI=1S/C12H11ClF3N3O2/c13-6-1-2-8(7(3-6)12(14,15)16)19-11(21)9-4-18-10(20)5-17-9/h1-3,9,17H,4-5H2,(H,18,20)(H,19,21). The van der Waals surface area contributed by atoms with Crippen LogP contribution in [-0.4, -0.2) is 30.9 Å². The van der Waals surface area contributed by atoms with Gasteiger partial charge in [-0.25, -0.2) is 0 Å². The molecule has 0 aliphatic carbocycles. The molecule has 0 radical (unpaired) electrons. The van der Waals surface area contributed by atoms with Crippen molar-refractivity contribution in [2.24, 2.45) is 0 Å². The summed E-state index contributed by atoms with van der Waals surface area (Å²) in [6, 6.07) is 2.29. The first kappa shape index (κ1) is 15.6. The number of carbonyl (C=O) groups is 2. The van der Waals surface area contributed by atoms with E-state index in [4.69, 9.17) is 11.6 Å². The van der Waals surface area contributed by atoms with E-state index in [0.717, 1.165) is 12.1 Å². The Hall–Kier alpha value is -1.80. The van der Waals surface area contributed by atoms with Crippen LogP contribution >= 0.6 is 11.6 Å². The van der Waals surface area contributed by atoms with E-state index < -0.39 is 23.7 Å². The highest BCUT2D eigenvalue weighted by Crippen LogP contribution is 2.36. The van der Waals surface area contributed by atoms with Crippen molar-refractivity contribution in [3.05, 3.63) is 28.8 Å². The first-order chi connectivity index (χ1) is 9.77. The summed E-state index contributed by atoms with van der Waals surface area (Å²) in [5.74, 6) is -0.940. The summed E-state index contributed by atoms with van der Waals surface area (Å²) in [6.45, 7) is -0.0512. The molecule has 9 heteroatoms. The second-order valence-electron chi connectivity index (χ2n) is 4.41. The Balaban J connectivity index is 2.16. The highest BCUT2D eigenvalue weighted by atomic mass is 35.5. The van der Waals surface area contributed by atoms with E-state index in [1.165, 1.54) is 6.07 Å². The zero-order chi connectivity index (χ0) is 15.6. The number of hydrogen-bond acceptors (Lipinski definition) is 3. The van der Waals surface area contributed by atoms with Gasteiger partial charge in [0.1, 0.15) is 6.04 Å². The zero-order valence-corrected chi connectivity index (χ0v) is 11.3. The van der Waals surface area contributed by atoms with Gasteiger partial charge in [0.2, 0.25) is 11.8 Å². The summed E-state index contributed by atoms with van der Waals surface area (Å²) in [5.41, 5.74) is -1.40. The molecule has 0 aromatic heterocycles. The van der Waals surface area contributed by atoms with Gasteiger partial charge in [-0.15, -0.1) is 0 Å². The van der Waals surface area contributed by atoms with Crippen molar-refractivity contribution >= 4 is 29.1 Å². The molecule has 0 saturated carbocycles. The Morgan fingerprint density at radius 2 is 2.10 bits per heavy atom. The quantitative estimate of drug-likeness (QED) is 0.771. The predicted octanol–water partition coefficient (Wildman–Crippen LogP) is 1.39. The molecule has 1 unspecified atom stereocenters. The second kappa shape index (κ2) is 5.90. The van der Waals surface area contributed by atoms with Crippen LogP contribution in [0.15, 0.2) is 18.2 Å². The second-order valence-corrected chi connectivity index (χ2v) is 4.85. The lowest BCUT2D eigenvalue weighted by Crippen LogP contribution is -2.56. The van der Waals surface area contributed by atoms with Crippen molar-refractivity contribution in [2.45, 2.75) is 12.2 Å². The summed E-state index contributed by atoms with van der Waals surface area (Å²) >= 11 is 5.55. The van der Waals surface area contributed by atoms with Gasteiger partial charge < -0.3 is 10.6 Å². The number of carbonyl (C=O) groups excluding carboxylic acids is 2. The molecule has 21 heavy (non-hydrogen) atoms. The molecule has 1 aromatic carbocycles. The summed E-state index contributed by atoms with van der Waals surface area (Å²) < 4.78 is 38.7. The van der Waals surface area contributed by atoms with Gasteiger partial charge in [-0.2, -0.15) is 13.2 Å². The zero-order valence-electron chi connectivity index (χ0n) is 10.6. The summed E-state index contributed by atoms with van der Waals surface area (Å²) in [4.78, 5) is 22.9. The molecule has 1 atom stereocenters. The van der Waals surface area contributed by atoms with E-state index in [9.17, 15) is 22.8 Å². The molecule has 114 valence electrons. The summed E-state index contributed by atoms with van der Waals surface area (Å²) in [6.07, 6.45) is -4.64. The lowest BCUT2D eigenvalue weighted by molar-refractivity contribution is -0.137. The SMILES string of the molecule is O=C1CNC(C(=O)Nc2ccc(Cl)cc2C(F)(F)F)CN1. The number of alkyl halides is 3. The topological polar surface area (TPSA) is 70.2 Å². The molecular weight excluding hydrogens is 311 g/mol. The molecule has 5 nitrogen and oxygen atoms in total. The molecule has 1 fully saturated rings. The van der Waals surface area contributed by atoms with Crippen LogP contribution in [0.25, 0.3) is 0 Å². The number of anilines is 1. The van der Waals surface area contributed by atoms with Crippen molar-refractivity contribution < 1.29 is 22.8 Å². The number of piperazine rings is 1. The summed E-state index contributed by atoms with van der Waals surface area (Å²) in [7, 11) is 0. The molecule has 0 spiro atoms. The van der Waals surface area contributed by atoms with Gasteiger partial charge in [-0.05, 0) is 18.2 Å². The fourth-order valence-electron chi connectivity index (χ4n) is 1.83. The molecule has 1 heterocycles. The number of nitrogens with one attached hydrogen (secondary N) is 3. The minimum atomic E-state index is -4.64. The van der Waals surface area contributed by atoms with E-state index in [2.05, 4.69) is 16.0 Å². The van der Waals surface area contributed by atoms with Gasteiger partial charge in [0.05, 0.1) is 17.8 Å². The van der Waals surface area contributed by atoms with Crippen molar-refractivity contribution in [1.29, 1.82) is 0 Å². The predicted molar refractivity (Wildman–Crippen MR) is 69.9 cm³/mol.